The summed E-state index contributed by atoms with van der Waals surface area (Å²) in [7, 11) is 0. The van der Waals surface area contributed by atoms with Crippen LogP contribution < -0.4 is 10.6 Å². The SMILES string of the molecule is Cc1ccc(NC(=O)CCNc2cccc(Cl)c2)c(Br)c1. The molecule has 0 atom stereocenters. The van der Waals surface area contributed by atoms with Crippen molar-refractivity contribution in [2.24, 2.45) is 0 Å². The highest BCUT2D eigenvalue weighted by Gasteiger charge is 2.05. The van der Waals surface area contributed by atoms with Gasteiger partial charge in [-0.05, 0) is 58.7 Å². The van der Waals surface area contributed by atoms with Gasteiger partial charge in [-0.15, -0.1) is 0 Å². The molecular weight excluding hydrogens is 352 g/mol. The molecule has 2 aromatic rings. The quantitative estimate of drug-likeness (QED) is 0.793. The third-order valence-corrected chi connectivity index (χ3v) is 3.80. The molecular formula is C16H16BrClN2O. The molecule has 0 radical (unpaired) electrons. The number of hydrogen-bond acceptors (Lipinski definition) is 2. The lowest BCUT2D eigenvalue weighted by Gasteiger charge is -2.09. The number of anilines is 2. The second kappa shape index (κ2) is 7.48. The van der Waals surface area contributed by atoms with Crippen molar-refractivity contribution >= 4 is 44.8 Å². The van der Waals surface area contributed by atoms with E-state index in [0.29, 0.717) is 18.0 Å². The predicted octanol–water partition coefficient (Wildman–Crippen LogP) is 4.85. The lowest BCUT2D eigenvalue weighted by atomic mass is 10.2. The zero-order valence-corrected chi connectivity index (χ0v) is 14.0. The number of benzene rings is 2. The van der Waals surface area contributed by atoms with Crippen molar-refractivity contribution in [2.45, 2.75) is 13.3 Å². The third-order valence-electron chi connectivity index (χ3n) is 2.90. The van der Waals surface area contributed by atoms with Gasteiger partial charge in [0.2, 0.25) is 5.91 Å². The smallest absolute Gasteiger partial charge is 0.226 e. The van der Waals surface area contributed by atoms with Gasteiger partial charge in [-0.25, -0.2) is 0 Å². The van der Waals surface area contributed by atoms with Gasteiger partial charge in [0, 0.05) is 28.1 Å². The highest BCUT2D eigenvalue weighted by molar-refractivity contribution is 9.10. The summed E-state index contributed by atoms with van der Waals surface area (Å²) in [6.45, 7) is 2.56. The summed E-state index contributed by atoms with van der Waals surface area (Å²) < 4.78 is 0.888. The van der Waals surface area contributed by atoms with Crippen LogP contribution >= 0.6 is 27.5 Å². The van der Waals surface area contributed by atoms with Gasteiger partial charge >= 0.3 is 0 Å². The van der Waals surface area contributed by atoms with Crippen LogP contribution in [-0.4, -0.2) is 12.5 Å². The second-order valence-corrected chi connectivity index (χ2v) is 6.01. The average molecular weight is 368 g/mol. The second-order valence-electron chi connectivity index (χ2n) is 4.72. The van der Waals surface area contributed by atoms with Gasteiger partial charge in [-0.2, -0.15) is 0 Å². The fourth-order valence-corrected chi connectivity index (χ4v) is 2.64. The van der Waals surface area contributed by atoms with E-state index in [9.17, 15) is 4.79 Å². The Bertz CT molecular complexity index is 646. The number of halogens is 2. The van der Waals surface area contributed by atoms with E-state index in [0.717, 1.165) is 21.4 Å². The van der Waals surface area contributed by atoms with E-state index < -0.39 is 0 Å². The van der Waals surface area contributed by atoms with Crippen LogP contribution in [0.4, 0.5) is 11.4 Å². The van der Waals surface area contributed by atoms with Crippen LogP contribution in [0.3, 0.4) is 0 Å². The highest BCUT2D eigenvalue weighted by Crippen LogP contribution is 2.23. The Morgan fingerprint density at radius 1 is 1.24 bits per heavy atom. The van der Waals surface area contributed by atoms with Gasteiger partial charge in [0.15, 0.2) is 0 Å². The summed E-state index contributed by atoms with van der Waals surface area (Å²) in [6.07, 6.45) is 0.382. The van der Waals surface area contributed by atoms with E-state index >= 15 is 0 Å². The number of amides is 1. The van der Waals surface area contributed by atoms with E-state index in [1.807, 2.05) is 49.4 Å². The van der Waals surface area contributed by atoms with Gasteiger partial charge in [0.1, 0.15) is 0 Å². The normalized spacial score (nSPS) is 10.2. The number of aryl methyl sites for hydroxylation is 1. The molecule has 0 saturated carbocycles. The summed E-state index contributed by atoms with van der Waals surface area (Å²) in [5.74, 6) is -0.0333. The zero-order chi connectivity index (χ0) is 15.2. The summed E-state index contributed by atoms with van der Waals surface area (Å²) in [6, 6.07) is 13.3. The lowest BCUT2D eigenvalue weighted by Crippen LogP contribution is -2.16. The molecule has 5 heteroatoms. The van der Waals surface area contributed by atoms with Gasteiger partial charge in [-0.3, -0.25) is 4.79 Å². The molecule has 0 saturated heterocycles. The molecule has 110 valence electrons. The third kappa shape index (κ3) is 5.06. The molecule has 0 aliphatic heterocycles. The van der Waals surface area contributed by atoms with Crippen molar-refractivity contribution in [3.63, 3.8) is 0 Å². The first-order valence-corrected chi connectivity index (χ1v) is 7.77. The summed E-state index contributed by atoms with van der Waals surface area (Å²) in [5.41, 5.74) is 2.84. The standard InChI is InChI=1S/C16H16BrClN2O/c1-11-5-6-15(14(17)9-11)20-16(21)7-8-19-13-4-2-3-12(18)10-13/h2-6,9-10,19H,7-8H2,1H3,(H,20,21). The minimum atomic E-state index is -0.0333. The molecule has 0 aromatic heterocycles. The molecule has 2 aromatic carbocycles. The summed E-state index contributed by atoms with van der Waals surface area (Å²) in [5, 5.41) is 6.73. The summed E-state index contributed by atoms with van der Waals surface area (Å²) in [4.78, 5) is 11.9. The maximum absolute atomic E-state index is 11.9. The Kier molecular flexibility index (Phi) is 5.65. The number of carbonyl (C=O) groups excluding carboxylic acids is 1. The Labute approximate surface area is 137 Å². The highest BCUT2D eigenvalue weighted by atomic mass is 79.9. The fraction of sp³-hybridized carbons (Fsp3) is 0.188. The first kappa shape index (κ1) is 15.9. The molecule has 0 unspecified atom stereocenters. The maximum atomic E-state index is 11.9. The Hall–Kier alpha value is -1.52. The molecule has 2 N–H and O–H groups in total. The summed E-state index contributed by atoms with van der Waals surface area (Å²) >= 11 is 9.34. The number of nitrogens with one attached hydrogen (secondary N) is 2. The average Bonchev–Trinajstić information content (AvgIpc) is 2.42. The molecule has 0 heterocycles. The fourth-order valence-electron chi connectivity index (χ4n) is 1.85. The minimum Gasteiger partial charge on any atom is -0.384 e. The Morgan fingerprint density at radius 3 is 2.76 bits per heavy atom. The van der Waals surface area contributed by atoms with Gasteiger partial charge in [0.05, 0.1) is 5.69 Å². The van der Waals surface area contributed by atoms with Crippen LogP contribution in [-0.2, 0) is 4.79 Å². The maximum Gasteiger partial charge on any atom is 0.226 e. The van der Waals surface area contributed by atoms with E-state index in [2.05, 4.69) is 26.6 Å². The van der Waals surface area contributed by atoms with E-state index in [-0.39, 0.29) is 5.91 Å². The van der Waals surface area contributed by atoms with Gasteiger partial charge < -0.3 is 10.6 Å². The molecule has 1 amide bonds. The van der Waals surface area contributed by atoms with Crippen LogP contribution in [0.15, 0.2) is 46.9 Å². The van der Waals surface area contributed by atoms with E-state index in [1.165, 1.54) is 0 Å². The van der Waals surface area contributed by atoms with Gasteiger partial charge in [-0.1, -0.05) is 23.7 Å². The van der Waals surface area contributed by atoms with Crippen LogP contribution in [0.5, 0.6) is 0 Å². The van der Waals surface area contributed by atoms with Crippen molar-refractivity contribution in [1.29, 1.82) is 0 Å². The first-order valence-electron chi connectivity index (χ1n) is 6.60. The van der Waals surface area contributed by atoms with Crippen molar-refractivity contribution in [1.82, 2.24) is 0 Å². The van der Waals surface area contributed by atoms with Crippen molar-refractivity contribution in [3.05, 3.63) is 57.5 Å². The molecule has 2 rings (SSSR count). The molecule has 0 bridgehead atoms. The Morgan fingerprint density at radius 2 is 2.05 bits per heavy atom. The number of hydrogen-bond donors (Lipinski definition) is 2. The van der Waals surface area contributed by atoms with E-state index in [4.69, 9.17) is 11.6 Å². The van der Waals surface area contributed by atoms with Crippen molar-refractivity contribution in [3.8, 4) is 0 Å². The molecule has 0 aliphatic rings. The molecule has 0 fully saturated rings. The Balaban J connectivity index is 1.82. The molecule has 21 heavy (non-hydrogen) atoms. The molecule has 0 aliphatic carbocycles. The van der Waals surface area contributed by atoms with Gasteiger partial charge in [0.25, 0.3) is 0 Å². The van der Waals surface area contributed by atoms with Crippen molar-refractivity contribution in [2.75, 3.05) is 17.2 Å². The number of carbonyl (C=O) groups is 1. The van der Waals surface area contributed by atoms with Crippen LogP contribution in [0.1, 0.15) is 12.0 Å². The zero-order valence-electron chi connectivity index (χ0n) is 11.6. The number of rotatable bonds is 5. The topological polar surface area (TPSA) is 41.1 Å². The minimum absolute atomic E-state index is 0.0333. The van der Waals surface area contributed by atoms with Crippen LogP contribution in [0.2, 0.25) is 5.02 Å². The predicted molar refractivity (Wildman–Crippen MR) is 92.1 cm³/mol. The molecule has 0 spiro atoms. The molecule has 3 nitrogen and oxygen atoms in total. The van der Waals surface area contributed by atoms with Crippen LogP contribution in [0.25, 0.3) is 0 Å². The van der Waals surface area contributed by atoms with Crippen molar-refractivity contribution < 1.29 is 4.79 Å². The van der Waals surface area contributed by atoms with Crippen LogP contribution in [0, 0.1) is 6.92 Å². The lowest BCUT2D eigenvalue weighted by molar-refractivity contribution is -0.115. The first-order chi connectivity index (χ1) is 10.0. The monoisotopic (exact) mass is 366 g/mol. The largest absolute Gasteiger partial charge is 0.384 e. The van der Waals surface area contributed by atoms with E-state index in [1.54, 1.807) is 0 Å².